The van der Waals surface area contributed by atoms with E-state index in [2.05, 4.69) is 19.7 Å². The predicted octanol–water partition coefficient (Wildman–Crippen LogP) is 2.59. The number of sulfonamides is 1. The number of carbonyl (C=O) groups is 1. The summed E-state index contributed by atoms with van der Waals surface area (Å²) in [5.74, 6) is -0.102. The third-order valence-electron chi connectivity index (χ3n) is 4.47. The second kappa shape index (κ2) is 7.12. The number of hydrogen-bond donors (Lipinski definition) is 1. The minimum atomic E-state index is -4.02. The fourth-order valence-electron chi connectivity index (χ4n) is 2.93. The summed E-state index contributed by atoms with van der Waals surface area (Å²) in [5.41, 5.74) is 2.00. The van der Waals surface area contributed by atoms with E-state index in [4.69, 9.17) is 4.42 Å². The molecule has 28 heavy (non-hydrogen) atoms. The standard InChI is InChI=1S/C18H20N4O5S/c1-10-15(17-20-19-12(3)27-17)16(11(2)22(10)4)28(24,25)21-14-8-6-7-13(9-14)18(23)26-5/h6-9,21H,1-5H3. The van der Waals surface area contributed by atoms with Gasteiger partial charge in [-0.3, -0.25) is 4.72 Å². The van der Waals surface area contributed by atoms with E-state index in [1.54, 1.807) is 44.5 Å². The zero-order valence-corrected chi connectivity index (χ0v) is 16.9. The van der Waals surface area contributed by atoms with Crippen molar-refractivity contribution in [3.05, 3.63) is 47.1 Å². The maximum atomic E-state index is 13.2. The van der Waals surface area contributed by atoms with Crippen LogP contribution in [0, 0.1) is 20.8 Å². The summed E-state index contributed by atoms with van der Waals surface area (Å²) in [6, 6.07) is 6.06. The lowest BCUT2D eigenvalue weighted by Crippen LogP contribution is -2.15. The van der Waals surface area contributed by atoms with Gasteiger partial charge in [0.25, 0.3) is 15.9 Å². The smallest absolute Gasteiger partial charge is 0.337 e. The Morgan fingerprint density at radius 1 is 1.18 bits per heavy atom. The van der Waals surface area contributed by atoms with E-state index in [-0.39, 0.29) is 22.0 Å². The second-order valence-electron chi connectivity index (χ2n) is 6.24. The molecule has 0 aliphatic heterocycles. The van der Waals surface area contributed by atoms with Crippen LogP contribution in [0.15, 0.2) is 33.6 Å². The lowest BCUT2D eigenvalue weighted by Gasteiger charge is -2.10. The zero-order valence-electron chi connectivity index (χ0n) is 16.1. The summed E-state index contributed by atoms with van der Waals surface area (Å²) in [7, 11) is -0.999. The lowest BCUT2D eigenvalue weighted by molar-refractivity contribution is 0.0600. The molecule has 10 heteroatoms. The van der Waals surface area contributed by atoms with E-state index in [0.717, 1.165) is 0 Å². The molecule has 9 nitrogen and oxygen atoms in total. The summed E-state index contributed by atoms with van der Waals surface area (Å²) >= 11 is 0. The number of hydrogen-bond acceptors (Lipinski definition) is 7. The van der Waals surface area contributed by atoms with Crippen LogP contribution in [-0.4, -0.2) is 36.3 Å². The molecule has 1 N–H and O–H groups in total. The first-order valence-corrected chi connectivity index (χ1v) is 9.81. The summed E-state index contributed by atoms with van der Waals surface area (Å²) < 4.78 is 40.8. The number of nitrogens with one attached hydrogen (secondary N) is 1. The second-order valence-corrected chi connectivity index (χ2v) is 7.86. The van der Waals surface area contributed by atoms with Gasteiger partial charge in [0.05, 0.1) is 18.2 Å². The normalized spacial score (nSPS) is 11.5. The molecule has 0 aliphatic rings. The van der Waals surface area contributed by atoms with Crippen LogP contribution in [0.1, 0.15) is 27.6 Å². The summed E-state index contributed by atoms with van der Waals surface area (Å²) in [5, 5.41) is 7.78. The zero-order chi connectivity index (χ0) is 20.6. The van der Waals surface area contributed by atoms with Gasteiger partial charge in [-0.1, -0.05) is 6.07 Å². The third-order valence-corrected chi connectivity index (χ3v) is 6.01. The van der Waals surface area contributed by atoms with Crippen molar-refractivity contribution in [3.8, 4) is 11.5 Å². The summed E-state index contributed by atoms with van der Waals surface area (Å²) in [4.78, 5) is 11.8. The van der Waals surface area contributed by atoms with Crippen molar-refractivity contribution < 1.29 is 22.4 Å². The average Bonchev–Trinajstić information content (AvgIpc) is 3.17. The Balaban J connectivity index is 2.11. The molecule has 2 heterocycles. The van der Waals surface area contributed by atoms with Crippen molar-refractivity contribution in [1.82, 2.24) is 14.8 Å². The van der Waals surface area contributed by atoms with E-state index in [1.165, 1.54) is 19.2 Å². The van der Waals surface area contributed by atoms with Gasteiger partial charge in [0.1, 0.15) is 4.90 Å². The van der Waals surface area contributed by atoms with Gasteiger partial charge < -0.3 is 13.7 Å². The maximum absolute atomic E-state index is 13.2. The monoisotopic (exact) mass is 404 g/mol. The molecule has 0 unspecified atom stereocenters. The fraction of sp³-hybridized carbons (Fsp3) is 0.278. The highest BCUT2D eigenvalue weighted by Crippen LogP contribution is 2.35. The highest BCUT2D eigenvalue weighted by Gasteiger charge is 2.30. The number of rotatable bonds is 5. The average molecular weight is 404 g/mol. The Morgan fingerprint density at radius 2 is 1.89 bits per heavy atom. The lowest BCUT2D eigenvalue weighted by atomic mass is 10.2. The Morgan fingerprint density at radius 3 is 2.50 bits per heavy atom. The first-order chi connectivity index (χ1) is 13.2. The number of benzene rings is 1. The number of aryl methyl sites for hydroxylation is 1. The molecule has 0 bridgehead atoms. The molecule has 0 saturated carbocycles. The van der Waals surface area contributed by atoms with Gasteiger partial charge in [-0.25, -0.2) is 13.2 Å². The topological polar surface area (TPSA) is 116 Å². The van der Waals surface area contributed by atoms with E-state index in [0.29, 0.717) is 22.8 Å². The van der Waals surface area contributed by atoms with Gasteiger partial charge in [0, 0.05) is 31.0 Å². The van der Waals surface area contributed by atoms with Crippen LogP contribution in [-0.2, 0) is 21.8 Å². The molecule has 3 rings (SSSR count). The van der Waals surface area contributed by atoms with Gasteiger partial charge in [-0.15, -0.1) is 10.2 Å². The van der Waals surface area contributed by atoms with Crippen molar-refractivity contribution in [1.29, 1.82) is 0 Å². The molecular weight excluding hydrogens is 384 g/mol. The highest BCUT2D eigenvalue weighted by molar-refractivity contribution is 7.93. The van der Waals surface area contributed by atoms with E-state index in [1.807, 2.05) is 0 Å². The minimum absolute atomic E-state index is 0.0413. The van der Waals surface area contributed by atoms with Crippen LogP contribution in [0.3, 0.4) is 0 Å². The number of aromatic nitrogens is 3. The van der Waals surface area contributed by atoms with Crippen molar-refractivity contribution in [3.63, 3.8) is 0 Å². The van der Waals surface area contributed by atoms with Gasteiger partial charge in [-0.2, -0.15) is 0 Å². The van der Waals surface area contributed by atoms with E-state index >= 15 is 0 Å². The SMILES string of the molecule is COC(=O)c1cccc(NS(=O)(=O)c2c(-c3nnc(C)o3)c(C)n(C)c2C)c1. The van der Waals surface area contributed by atoms with Gasteiger partial charge in [-0.05, 0) is 32.0 Å². The van der Waals surface area contributed by atoms with Gasteiger partial charge in [0.15, 0.2) is 0 Å². The maximum Gasteiger partial charge on any atom is 0.337 e. The largest absolute Gasteiger partial charge is 0.465 e. The van der Waals surface area contributed by atoms with Crippen LogP contribution in [0.5, 0.6) is 0 Å². The van der Waals surface area contributed by atoms with Gasteiger partial charge >= 0.3 is 5.97 Å². The third kappa shape index (κ3) is 3.38. The van der Waals surface area contributed by atoms with Crippen LogP contribution in [0.4, 0.5) is 5.69 Å². The molecule has 0 aliphatic carbocycles. The molecule has 1 aromatic carbocycles. The Bertz CT molecular complexity index is 1160. The molecular formula is C18H20N4O5S. The van der Waals surface area contributed by atoms with E-state index in [9.17, 15) is 13.2 Å². The number of ether oxygens (including phenoxy) is 1. The molecule has 0 radical (unpaired) electrons. The van der Waals surface area contributed by atoms with Crippen LogP contribution >= 0.6 is 0 Å². The number of esters is 1. The summed E-state index contributed by atoms with van der Waals surface area (Å²) in [6.45, 7) is 5.10. The number of anilines is 1. The molecule has 2 aromatic heterocycles. The van der Waals surface area contributed by atoms with Crippen molar-refractivity contribution in [2.75, 3.05) is 11.8 Å². The molecule has 3 aromatic rings. The highest BCUT2D eigenvalue weighted by atomic mass is 32.2. The summed E-state index contributed by atoms with van der Waals surface area (Å²) in [6.07, 6.45) is 0. The Labute approximate surface area is 162 Å². The fourth-order valence-corrected chi connectivity index (χ4v) is 4.50. The van der Waals surface area contributed by atoms with Gasteiger partial charge in [0.2, 0.25) is 5.89 Å². The molecule has 0 amide bonds. The van der Waals surface area contributed by atoms with E-state index < -0.39 is 16.0 Å². The first-order valence-electron chi connectivity index (χ1n) is 8.33. The molecule has 0 spiro atoms. The predicted molar refractivity (Wildman–Crippen MR) is 102 cm³/mol. The number of carbonyl (C=O) groups excluding carboxylic acids is 1. The van der Waals surface area contributed by atoms with Crippen molar-refractivity contribution >= 4 is 21.7 Å². The molecule has 148 valence electrons. The van der Waals surface area contributed by atoms with Crippen molar-refractivity contribution in [2.45, 2.75) is 25.7 Å². The Kier molecular flexibility index (Phi) is 4.99. The molecule has 0 saturated heterocycles. The quantitative estimate of drug-likeness (QED) is 0.650. The van der Waals surface area contributed by atoms with Crippen LogP contribution < -0.4 is 4.72 Å². The van der Waals surface area contributed by atoms with Crippen LogP contribution in [0.25, 0.3) is 11.5 Å². The number of nitrogens with zero attached hydrogens (tertiary/aromatic N) is 3. The van der Waals surface area contributed by atoms with Crippen molar-refractivity contribution in [2.24, 2.45) is 7.05 Å². The molecule has 0 atom stereocenters. The molecule has 0 fully saturated rings. The Hall–Kier alpha value is -3.14. The number of methoxy groups -OCH3 is 1. The minimum Gasteiger partial charge on any atom is -0.465 e. The van der Waals surface area contributed by atoms with Crippen LogP contribution in [0.2, 0.25) is 0 Å². The first kappa shape index (κ1) is 19.6.